The molecule has 0 bridgehead atoms. The molecule has 1 aliphatic carbocycles. The van der Waals surface area contributed by atoms with E-state index < -0.39 is 23.4 Å². The summed E-state index contributed by atoms with van der Waals surface area (Å²) >= 11 is 0. The molecule has 3 rings (SSSR count). The fourth-order valence-electron chi connectivity index (χ4n) is 3.03. The lowest BCUT2D eigenvalue weighted by atomic mass is 10.1. The smallest absolute Gasteiger partial charge is 0.251 e. The highest BCUT2D eigenvalue weighted by Crippen LogP contribution is 2.23. The first-order chi connectivity index (χ1) is 11.9. The van der Waals surface area contributed by atoms with Crippen LogP contribution in [-0.2, 0) is 0 Å². The molecule has 2 N–H and O–H groups in total. The van der Waals surface area contributed by atoms with Gasteiger partial charge in [-0.25, -0.2) is 18.2 Å². The van der Waals surface area contributed by atoms with Gasteiger partial charge in [-0.3, -0.25) is 4.79 Å². The zero-order chi connectivity index (χ0) is 18.0. The van der Waals surface area contributed by atoms with Gasteiger partial charge in [-0.1, -0.05) is 6.07 Å². The summed E-state index contributed by atoms with van der Waals surface area (Å²) < 4.78 is 39.4. The summed E-state index contributed by atoms with van der Waals surface area (Å²) in [6.07, 6.45) is 2.25. The van der Waals surface area contributed by atoms with Gasteiger partial charge in [0.1, 0.15) is 5.82 Å². The van der Waals surface area contributed by atoms with Gasteiger partial charge in [0, 0.05) is 23.3 Å². The molecule has 1 aliphatic rings. The molecule has 132 valence electrons. The van der Waals surface area contributed by atoms with Crippen molar-refractivity contribution in [2.45, 2.75) is 38.3 Å². The molecular weight excluding hydrogens is 331 g/mol. The second kappa shape index (κ2) is 7.13. The van der Waals surface area contributed by atoms with Crippen molar-refractivity contribution in [3.05, 3.63) is 59.0 Å². The predicted octanol–water partition coefficient (Wildman–Crippen LogP) is 3.57. The van der Waals surface area contributed by atoms with Crippen molar-refractivity contribution in [3.63, 3.8) is 0 Å². The van der Waals surface area contributed by atoms with Crippen molar-refractivity contribution >= 4 is 11.7 Å². The molecule has 25 heavy (non-hydrogen) atoms. The van der Waals surface area contributed by atoms with E-state index >= 15 is 0 Å². The fourth-order valence-corrected chi connectivity index (χ4v) is 3.03. The highest BCUT2D eigenvalue weighted by Gasteiger charge is 2.27. The van der Waals surface area contributed by atoms with Crippen LogP contribution in [0.5, 0.6) is 0 Å². The van der Waals surface area contributed by atoms with Gasteiger partial charge in [0.05, 0.1) is 0 Å². The Morgan fingerprint density at radius 2 is 1.80 bits per heavy atom. The van der Waals surface area contributed by atoms with Crippen LogP contribution in [0.25, 0.3) is 0 Å². The van der Waals surface area contributed by atoms with Crippen LogP contribution in [0.4, 0.5) is 19.0 Å². The van der Waals surface area contributed by atoms with Crippen molar-refractivity contribution in [2.75, 3.05) is 5.32 Å². The van der Waals surface area contributed by atoms with Crippen LogP contribution < -0.4 is 10.6 Å². The Bertz CT molecular complexity index is 774. The van der Waals surface area contributed by atoms with E-state index in [9.17, 15) is 18.0 Å². The van der Waals surface area contributed by atoms with Crippen molar-refractivity contribution in [3.8, 4) is 0 Å². The minimum Gasteiger partial charge on any atom is -0.367 e. The number of pyridine rings is 1. The van der Waals surface area contributed by atoms with E-state index in [4.69, 9.17) is 0 Å². The summed E-state index contributed by atoms with van der Waals surface area (Å²) in [5, 5.41) is 6.06. The molecule has 2 aromatic rings. The third kappa shape index (κ3) is 4.10. The minimum absolute atomic E-state index is 0.119. The van der Waals surface area contributed by atoms with Gasteiger partial charge >= 0.3 is 0 Å². The molecule has 1 fully saturated rings. The van der Waals surface area contributed by atoms with E-state index in [-0.39, 0.29) is 17.6 Å². The van der Waals surface area contributed by atoms with Gasteiger partial charge in [-0.15, -0.1) is 0 Å². The average molecular weight is 349 g/mol. The summed E-state index contributed by atoms with van der Waals surface area (Å²) in [6, 6.07) is 7.14. The third-order valence-corrected chi connectivity index (χ3v) is 4.25. The molecule has 2 atom stereocenters. The maximum absolute atomic E-state index is 13.2. The van der Waals surface area contributed by atoms with Gasteiger partial charge in [-0.2, -0.15) is 0 Å². The molecule has 1 aromatic heterocycles. The molecule has 0 saturated heterocycles. The molecule has 4 nitrogen and oxygen atoms in total. The van der Waals surface area contributed by atoms with Gasteiger partial charge in [0.2, 0.25) is 0 Å². The number of nitrogens with one attached hydrogen (secondary N) is 2. The maximum atomic E-state index is 13.2. The summed E-state index contributed by atoms with van der Waals surface area (Å²) in [6.45, 7) is 1.91. The van der Waals surface area contributed by atoms with Crippen molar-refractivity contribution < 1.29 is 18.0 Å². The normalized spacial score (nSPS) is 19.7. The van der Waals surface area contributed by atoms with Crippen LogP contribution >= 0.6 is 0 Å². The van der Waals surface area contributed by atoms with E-state index in [2.05, 4.69) is 15.6 Å². The number of anilines is 1. The first-order valence-electron chi connectivity index (χ1n) is 8.08. The molecule has 0 unspecified atom stereocenters. The van der Waals surface area contributed by atoms with Gasteiger partial charge in [-0.05, 0) is 50.5 Å². The van der Waals surface area contributed by atoms with Gasteiger partial charge in [0.15, 0.2) is 17.5 Å². The minimum atomic E-state index is -1.58. The molecule has 1 aromatic carbocycles. The van der Waals surface area contributed by atoms with Gasteiger partial charge in [0.25, 0.3) is 5.91 Å². The Kier molecular flexibility index (Phi) is 4.92. The molecular formula is C18H18F3N3O. The molecule has 1 heterocycles. The van der Waals surface area contributed by atoms with Crippen molar-refractivity contribution in [1.29, 1.82) is 0 Å². The molecule has 0 aliphatic heterocycles. The first-order valence-corrected chi connectivity index (χ1v) is 8.08. The molecule has 7 heteroatoms. The Morgan fingerprint density at radius 1 is 1.12 bits per heavy atom. The number of carbonyl (C=O) groups excluding carboxylic acids is 1. The van der Waals surface area contributed by atoms with E-state index in [1.807, 2.05) is 25.1 Å². The molecule has 0 spiro atoms. The quantitative estimate of drug-likeness (QED) is 0.830. The lowest BCUT2D eigenvalue weighted by Crippen LogP contribution is -2.34. The Labute approximate surface area is 143 Å². The Hall–Kier alpha value is -2.57. The van der Waals surface area contributed by atoms with Crippen LogP contribution in [-0.4, -0.2) is 23.0 Å². The number of nitrogens with zero attached hydrogens (tertiary/aromatic N) is 1. The molecule has 1 amide bonds. The third-order valence-electron chi connectivity index (χ3n) is 4.25. The summed E-state index contributed by atoms with van der Waals surface area (Å²) in [5.74, 6) is -4.16. The first kappa shape index (κ1) is 17.3. The van der Waals surface area contributed by atoms with E-state index in [1.54, 1.807) is 0 Å². The van der Waals surface area contributed by atoms with Crippen LogP contribution in [0.15, 0.2) is 30.3 Å². The lowest BCUT2D eigenvalue weighted by Gasteiger charge is -2.15. The highest BCUT2D eigenvalue weighted by molar-refractivity contribution is 5.94. The SMILES string of the molecule is Cc1cccc(N[C@H]2CC[C@@H](NC(=O)c3cc(F)c(F)c(F)c3)C2)n1. The van der Waals surface area contributed by atoms with E-state index in [0.717, 1.165) is 24.4 Å². The second-order valence-electron chi connectivity index (χ2n) is 6.24. The second-order valence-corrected chi connectivity index (χ2v) is 6.24. The summed E-state index contributed by atoms with van der Waals surface area (Å²) in [5.41, 5.74) is 0.682. The topological polar surface area (TPSA) is 54.0 Å². The van der Waals surface area contributed by atoms with Crippen molar-refractivity contribution in [1.82, 2.24) is 10.3 Å². The van der Waals surface area contributed by atoms with Crippen LogP contribution in [0.1, 0.15) is 35.3 Å². The monoisotopic (exact) mass is 349 g/mol. The van der Waals surface area contributed by atoms with E-state index in [1.165, 1.54) is 0 Å². The average Bonchev–Trinajstić information content (AvgIpc) is 2.99. The zero-order valence-corrected chi connectivity index (χ0v) is 13.7. The number of benzene rings is 1. The number of aryl methyl sites for hydroxylation is 1. The highest BCUT2D eigenvalue weighted by atomic mass is 19.2. The number of rotatable bonds is 4. The predicted molar refractivity (Wildman–Crippen MR) is 87.8 cm³/mol. The maximum Gasteiger partial charge on any atom is 0.251 e. The van der Waals surface area contributed by atoms with Crippen molar-refractivity contribution in [2.24, 2.45) is 0 Å². The number of hydrogen-bond donors (Lipinski definition) is 2. The fraction of sp³-hybridized carbons (Fsp3) is 0.333. The van der Waals surface area contributed by atoms with Crippen LogP contribution in [0.2, 0.25) is 0 Å². The Balaban J connectivity index is 1.58. The number of amides is 1. The Morgan fingerprint density at radius 3 is 2.48 bits per heavy atom. The van der Waals surface area contributed by atoms with Crippen LogP contribution in [0, 0.1) is 24.4 Å². The number of halogens is 3. The molecule has 1 saturated carbocycles. The number of aromatic nitrogens is 1. The van der Waals surface area contributed by atoms with Gasteiger partial charge < -0.3 is 10.6 Å². The largest absolute Gasteiger partial charge is 0.367 e. The van der Waals surface area contributed by atoms with Crippen LogP contribution in [0.3, 0.4) is 0 Å². The summed E-state index contributed by atoms with van der Waals surface area (Å²) in [7, 11) is 0. The standard InChI is InChI=1S/C18H18F3N3O/c1-10-3-2-4-16(22-10)23-12-5-6-13(9-12)24-18(25)11-7-14(19)17(21)15(20)8-11/h2-4,7-8,12-13H,5-6,9H2,1H3,(H,22,23)(H,24,25)/t12-,13+/m0/s1. The summed E-state index contributed by atoms with van der Waals surface area (Å²) in [4.78, 5) is 16.5. The molecule has 0 radical (unpaired) electrons. The van der Waals surface area contributed by atoms with E-state index in [0.29, 0.717) is 18.6 Å². The number of hydrogen-bond acceptors (Lipinski definition) is 3. The zero-order valence-electron chi connectivity index (χ0n) is 13.7. The lowest BCUT2D eigenvalue weighted by molar-refractivity contribution is 0.0936. The number of carbonyl (C=O) groups is 1.